The zero-order valence-electron chi connectivity index (χ0n) is 13.0. The minimum absolute atomic E-state index is 0. The van der Waals surface area contributed by atoms with Gasteiger partial charge in [0.15, 0.2) is 0 Å². The van der Waals surface area contributed by atoms with Crippen LogP contribution in [0.2, 0.25) is 0 Å². The van der Waals surface area contributed by atoms with Crippen molar-refractivity contribution in [1.82, 2.24) is 9.88 Å². The normalized spacial score (nSPS) is 14.6. The monoisotopic (exact) mass is 526 g/mol. The number of benzene rings is 1. The van der Waals surface area contributed by atoms with Crippen LogP contribution in [-0.2, 0) is 54.1 Å². The molecule has 0 amide bonds. The van der Waals surface area contributed by atoms with Crippen LogP contribution in [0.4, 0.5) is 0 Å². The first kappa shape index (κ1) is 20.8. The zero-order valence-corrected chi connectivity index (χ0v) is 16.8. The van der Waals surface area contributed by atoms with E-state index in [0.717, 1.165) is 25.2 Å². The molecular weight excluding hydrogens is 505 g/mol. The summed E-state index contributed by atoms with van der Waals surface area (Å²) in [5, 5.41) is 0. The van der Waals surface area contributed by atoms with Gasteiger partial charge in [-0.05, 0) is 44.5 Å². The van der Waals surface area contributed by atoms with Crippen LogP contribution in [0.15, 0.2) is 48.7 Å². The van der Waals surface area contributed by atoms with Crippen molar-refractivity contribution in [3.8, 4) is 0 Å². The summed E-state index contributed by atoms with van der Waals surface area (Å²) >= 11 is 9.88. The summed E-state index contributed by atoms with van der Waals surface area (Å²) in [6.07, 6.45) is 6.60. The van der Waals surface area contributed by atoms with Gasteiger partial charge in [0.1, 0.15) is 0 Å². The molecular formula is C18H21AuN2S2. The van der Waals surface area contributed by atoms with Crippen LogP contribution in [-0.4, -0.2) is 27.7 Å². The molecule has 0 unspecified atom stereocenters. The first-order valence-electron chi connectivity index (χ1n) is 7.67. The fourth-order valence-electron chi connectivity index (χ4n) is 2.37. The molecule has 2 aromatic rings. The predicted octanol–water partition coefficient (Wildman–Crippen LogP) is 3.32. The molecule has 126 valence electrons. The first-order chi connectivity index (χ1) is 10.8. The molecule has 2 heterocycles. The number of hydrogen-bond acceptors (Lipinski definition) is 4. The largest absolute Gasteiger partial charge is 3.00 e. The molecule has 1 saturated heterocycles. The van der Waals surface area contributed by atoms with Crippen LogP contribution in [0.1, 0.15) is 30.5 Å². The molecule has 2 nitrogen and oxygen atoms in total. The average Bonchev–Trinajstić information content (AvgIpc) is 2.58. The second kappa shape index (κ2) is 12.2. The van der Waals surface area contributed by atoms with Crippen LogP contribution < -0.4 is 0 Å². The smallest absolute Gasteiger partial charge is 0.800 e. The topological polar surface area (TPSA) is 16.1 Å². The third-order valence-electron chi connectivity index (χ3n) is 3.56. The van der Waals surface area contributed by atoms with E-state index in [9.17, 15) is 0 Å². The Labute approximate surface area is 166 Å². The van der Waals surface area contributed by atoms with E-state index >= 15 is 0 Å². The second-order valence-electron chi connectivity index (χ2n) is 5.29. The molecule has 1 aliphatic heterocycles. The Balaban J connectivity index is 0.000000235. The molecule has 0 atom stereocenters. The van der Waals surface area contributed by atoms with E-state index in [4.69, 9.17) is 25.3 Å². The van der Waals surface area contributed by atoms with E-state index in [1.165, 1.54) is 24.8 Å². The van der Waals surface area contributed by atoms with E-state index in [1.54, 1.807) is 0 Å². The Morgan fingerprint density at radius 2 is 1.78 bits per heavy atom. The summed E-state index contributed by atoms with van der Waals surface area (Å²) in [6, 6.07) is 17.1. The van der Waals surface area contributed by atoms with Crippen LogP contribution >= 0.6 is 0 Å². The summed E-state index contributed by atoms with van der Waals surface area (Å²) in [7, 11) is 0. The maximum Gasteiger partial charge on any atom is 3.00 e. The van der Waals surface area contributed by atoms with E-state index in [2.05, 4.69) is 22.0 Å². The molecule has 0 bridgehead atoms. The van der Waals surface area contributed by atoms with E-state index < -0.39 is 0 Å². The number of rotatable bonds is 3. The molecule has 1 fully saturated rings. The van der Waals surface area contributed by atoms with Gasteiger partial charge in [-0.15, -0.1) is 0 Å². The van der Waals surface area contributed by atoms with E-state index in [0.29, 0.717) is 0 Å². The molecule has 0 radical (unpaired) electrons. The van der Waals surface area contributed by atoms with Crippen molar-refractivity contribution in [2.24, 2.45) is 0 Å². The maximum absolute atomic E-state index is 4.94. The third kappa shape index (κ3) is 8.43. The molecule has 0 N–H and O–H groups in total. The molecule has 1 aliphatic rings. The fraction of sp³-hybridized carbons (Fsp3) is 0.389. The quantitative estimate of drug-likeness (QED) is 0.347. The third-order valence-corrected chi connectivity index (χ3v) is 4.16. The van der Waals surface area contributed by atoms with Crippen molar-refractivity contribution in [2.75, 3.05) is 13.1 Å². The van der Waals surface area contributed by atoms with Gasteiger partial charge < -0.3 is 30.2 Å². The van der Waals surface area contributed by atoms with Crippen molar-refractivity contribution in [2.45, 2.75) is 30.4 Å². The number of aromatic nitrogens is 1. The number of likely N-dealkylation sites (tertiary alicyclic amines) is 1. The molecule has 0 spiro atoms. The molecule has 0 aliphatic carbocycles. The molecule has 1 aromatic carbocycles. The summed E-state index contributed by atoms with van der Waals surface area (Å²) in [5.74, 6) is 0. The van der Waals surface area contributed by atoms with Crippen molar-refractivity contribution in [1.29, 1.82) is 0 Å². The van der Waals surface area contributed by atoms with Gasteiger partial charge in [-0.25, -0.2) is 4.71 Å². The molecule has 3 rings (SSSR count). The Hall–Kier alpha value is -0.230. The SMILES string of the molecule is [Au+3].[S-]C([S-])N1CCCCC1.[c-]1ccccc1Cc1ccccn1. The van der Waals surface area contributed by atoms with Crippen LogP contribution in [0.3, 0.4) is 0 Å². The molecule has 1 aromatic heterocycles. The first-order valence-corrected chi connectivity index (χ1v) is 8.61. The average molecular weight is 526 g/mol. The van der Waals surface area contributed by atoms with Gasteiger partial charge in [-0.2, -0.15) is 35.9 Å². The van der Waals surface area contributed by atoms with Crippen molar-refractivity contribution in [3.63, 3.8) is 0 Å². The summed E-state index contributed by atoms with van der Waals surface area (Å²) in [6.45, 7) is 2.25. The number of pyridine rings is 1. The van der Waals surface area contributed by atoms with Gasteiger partial charge in [0.05, 0.1) is 0 Å². The van der Waals surface area contributed by atoms with E-state index in [1.807, 2.05) is 42.6 Å². The second-order valence-corrected chi connectivity index (χ2v) is 6.48. The van der Waals surface area contributed by atoms with Gasteiger partial charge in [0, 0.05) is 11.9 Å². The van der Waals surface area contributed by atoms with Gasteiger partial charge in [0.2, 0.25) is 0 Å². The van der Waals surface area contributed by atoms with Crippen LogP contribution in [0, 0.1) is 6.07 Å². The molecule has 23 heavy (non-hydrogen) atoms. The van der Waals surface area contributed by atoms with Gasteiger partial charge >= 0.3 is 22.4 Å². The summed E-state index contributed by atoms with van der Waals surface area (Å²) < 4.78 is -0.0645. The van der Waals surface area contributed by atoms with Crippen LogP contribution in [0.5, 0.6) is 0 Å². The minimum Gasteiger partial charge on any atom is -0.800 e. The van der Waals surface area contributed by atoms with Crippen molar-refractivity contribution >= 4 is 25.3 Å². The Morgan fingerprint density at radius 3 is 2.30 bits per heavy atom. The standard InChI is InChI=1S/C12H10N.C6H13NS2.Au/c1-2-6-11(7-3-1)10-12-8-4-5-9-13-12;8-6(9)7-4-2-1-3-5-7;/h1-6,8-9H,10H2;6,8-9H,1-5H2;/q-1;;+3/p-2. The number of hydrogen-bond donors (Lipinski definition) is 0. The van der Waals surface area contributed by atoms with E-state index in [-0.39, 0.29) is 27.1 Å². The maximum atomic E-state index is 4.94. The van der Waals surface area contributed by atoms with Crippen molar-refractivity contribution in [3.05, 3.63) is 66.0 Å². The predicted molar refractivity (Wildman–Crippen MR) is 96.3 cm³/mol. The Bertz CT molecular complexity index is 480. The fourth-order valence-corrected chi connectivity index (χ4v) is 2.79. The minimum atomic E-state index is -0.0645. The van der Waals surface area contributed by atoms with Gasteiger partial charge in [-0.3, -0.25) is 4.98 Å². The number of piperidine rings is 1. The summed E-state index contributed by atoms with van der Waals surface area (Å²) in [4.78, 5) is 6.44. The Morgan fingerprint density at radius 1 is 1.04 bits per heavy atom. The zero-order chi connectivity index (χ0) is 15.6. The van der Waals surface area contributed by atoms with Crippen molar-refractivity contribution < 1.29 is 22.4 Å². The van der Waals surface area contributed by atoms with Crippen LogP contribution in [0.25, 0.3) is 0 Å². The van der Waals surface area contributed by atoms with Gasteiger partial charge in [-0.1, -0.05) is 12.5 Å². The summed E-state index contributed by atoms with van der Waals surface area (Å²) in [5.41, 5.74) is 2.27. The van der Waals surface area contributed by atoms with Gasteiger partial charge in [0.25, 0.3) is 0 Å². The molecule has 5 heteroatoms. The molecule has 0 saturated carbocycles. The number of nitrogens with zero attached hydrogens (tertiary/aromatic N) is 2. The Kier molecular flexibility index (Phi) is 11.0.